The maximum atomic E-state index is 11.8. The number of benzene rings is 1. The highest BCUT2D eigenvalue weighted by atomic mass is 79.9. The third kappa shape index (κ3) is 6.06. The van der Waals surface area contributed by atoms with Crippen molar-refractivity contribution in [3.05, 3.63) is 34.3 Å². The van der Waals surface area contributed by atoms with Gasteiger partial charge in [0, 0.05) is 24.1 Å². The van der Waals surface area contributed by atoms with Gasteiger partial charge in [0.05, 0.1) is 6.42 Å². The molecule has 1 unspecified atom stereocenters. The van der Waals surface area contributed by atoms with Crippen LogP contribution >= 0.6 is 15.9 Å². The molecule has 0 aliphatic carbocycles. The summed E-state index contributed by atoms with van der Waals surface area (Å²) in [6, 6.07) is 7.65. The molecule has 0 heterocycles. The molecule has 1 atom stereocenters. The molecule has 1 aromatic carbocycles. The van der Waals surface area contributed by atoms with Crippen LogP contribution in [0.15, 0.2) is 28.7 Å². The van der Waals surface area contributed by atoms with Gasteiger partial charge in [0.2, 0.25) is 0 Å². The van der Waals surface area contributed by atoms with E-state index in [9.17, 15) is 9.59 Å². The lowest BCUT2D eigenvalue weighted by atomic mass is 10.1. The highest BCUT2D eigenvalue weighted by Crippen LogP contribution is 2.11. The molecule has 0 saturated heterocycles. The molecule has 2 N–H and O–H groups in total. The van der Waals surface area contributed by atoms with E-state index in [1.54, 1.807) is 7.05 Å². The van der Waals surface area contributed by atoms with E-state index in [4.69, 9.17) is 5.11 Å². The quantitative estimate of drug-likeness (QED) is 0.834. The van der Waals surface area contributed by atoms with Gasteiger partial charge in [-0.2, -0.15) is 0 Å². The second-order valence-corrected chi connectivity index (χ2v) is 5.66. The average Bonchev–Trinajstić information content (AvgIpc) is 2.38. The molecule has 6 heteroatoms. The Hall–Kier alpha value is -1.56. The number of carboxylic acids is 1. The fraction of sp³-hybridized carbons (Fsp3) is 0.429. The third-order valence-corrected chi connectivity index (χ3v) is 3.36. The summed E-state index contributed by atoms with van der Waals surface area (Å²) in [7, 11) is 1.59. The second-order valence-electron chi connectivity index (χ2n) is 4.75. The lowest BCUT2D eigenvalue weighted by molar-refractivity contribution is -0.137. The van der Waals surface area contributed by atoms with Gasteiger partial charge in [-0.3, -0.25) is 4.79 Å². The Morgan fingerprint density at radius 1 is 1.35 bits per heavy atom. The number of carbonyl (C=O) groups excluding carboxylic acids is 1. The zero-order valence-corrected chi connectivity index (χ0v) is 13.2. The SMILES string of the molecule is CC(Cc1ccc(Br)cc1)NC(=O)N(C)CCC(=O)O. The molecule has 2 amide bonds. The molecule has 0 saturated carbocycles. The van der Waals surface area contributed by atoms with E-state index in [-0.39, 0.29) is 25.0 Å². The van der Waals surface area contributed by atoms with Gasteiger partial charge in [-0.1, -0.05) is 28.1 Å². The molecular weight excluding hydrogens is 324 g/mol. The number of hydrogen-bond donors (Lipinski definition) is 2. The van der Waals surface area contributed by atoms with Crippen molar-refractivity contribution in [2.45, 2.75) is 25.8 Å². The molecule has 0 bridgehead atoms. The van der Waals surface area contributed by atoms with Crippen molar-refractivity contribution in [3.63, 3.8) is 0 Å². The van der Waals surface area contributed by atoms with Crippen molar-refractivity contribution in [1.82, 2.24) is 10.2 Å². The summed E-state index contributed by atoms with van der Waals surface area (Å²) < 4.78 is 1.02. The Balaban J connectivity index is 2.41. The molecule has 0 fully saturated rings. The van der Waals surface area contributed by atoms with E-state index in [1.165, 1.54) is 4.90 Å². The fourth-order valence-electron chi connectivity index (χ4n) is 1.71. The largest absolute Gasteiger partial charge is 0.481 e. The minimum atomic E-state index is -0.910. The van der Waals surface area contributed by atoms with Crippen molar-refractivity contribution < 1.29 is 14.7 Å². The molecule has 0 radical (unpaired) electrons. The highest BCUT2D eigenvalue weighted by molar-refractivity contribution is 9.10. The minimum Gasteiger partial charge on any atom is -0.481 e. The van der Waals surface area contributed by atoms with Crippen molar-refractivity contribution in [3.8, 4) is 0 Å². The van der Waals surface area contributed by atoms with Gasteiger partial charge in [-0.05, 0) is 31.0 Å². The van der Waals surface area contributed by atoms with Crippen molar-refractivity contribution >= 4 is 27.9 Å². The lowest BCUT2D eigenvalue weighted by Gasteiger charge is -2.21. The number of carbonyl (C=O) groups is 2. The van der Waals surface area contributed by atoms with Gasteiger partial charge in [0.15, 0.2) is 0 Å². The molecular formula is C14H19BrN2O3. The van der Waals surface area contributed by atoms with Gasteiger partial charge in [0.1, 0.15) is 0 Å². The highest BCUT2D eigenvalue weighted by Gasteiger charge is 2.13. The van der Waals surface area contributed by atoms with Crippen LogP contribution in [0.1, 0.15) is 18.9 Å². The van der Waals surface area contributed by atoms with E-state index in [1.807, 2.05) is 31.2 Å². The molecule has 110 valence electrons. The number of nitrogens with one attached hydrogen (secondary N) is 1. The topological polar surface area (TPSA) is 69.6 Å². The molecule has 5 nitrogen and oxygen atoms in total. The van der Waals surface area contributed by atoms with Gasteiger partial charge in [-0.15, -0.1) is 0 Å². The number of aliphatic carboxylic acids is 1. The number of halogens is 1. The maximum absolute atomic E-state index is 11.8. The van der Waals surface area contributed by atoms with Crippen LogP contribution in [-0.2, 0) is 11.2 Å². The van der Waals surface area contributed by atoms with Crippen molar-refractivity contribution in [2.75, 3.05) is 13.6 Å². The normalized spacial score (nSPS) is 11.8. The lowest BCUT2D eigenvalue weighted by Crippen LogP contribution is -2.43. The van der Waals surface area contributed by atoms with Crippen LogP contribution in [-0.4, -0.2) is 41.6 Å². The fourth-order valence-corrected chi connectivity index (χ4v) is 1.98. The first-order valence-electron chi connectivity index (χ1n) is 6.36. The predicted molar refractivity (Wildman–Crippen MR) is 80.7 cm³/mol. The molecule has 20 heavy (non-hydrogen) atoms. The number of urea groups is 1. The van der Waals surface area contributed by atoms with E-state index >= 15 is 0 Å². The summed E-state index contributed by atoms with van der Waals surface area (Å²) in [5, 5.41) is 11.4. The summed E-state index contributed by atoms with van der Waals surface area (Å²) in [6.45, 7) is 2.12. The van der Waals surface area contributed by atoms with Crippen LogP contribution < -0.4 is 5.32 Å². The maximum Gasteiger partial charge on any atom is 0.317 e. The Morgan fingerprint density at radius 3 is 2.50 bits per heavy atom. The Bertz CT molecular complexity index is 462. The van der Waals surface area contributed by atoms with E-state index < -0.39 is 5.97 Å². The summed E-state index contributed by atoms with van der Waals surface area (Å²) in [6.07, 6.45) is 0.677. The summed E-state index contributed by atoms with van der Waals surface area (Å²) in [5.74, 6) is -0.910. The molecule has 0 aromatic heterocycles. The van der Waals surface area contributed by atoms with Gasteiger partial charge >= 0.3 is 12.0 Å². The number of hydrogen-bond acceptors (Lipinski definition) is 2. The standard InChI is InChI=1S/C14H19BrN2O3/c1-10(9-11-3-5-12(15)6-4-11)16-14(20)17(2)8-7-13(18)19/h3-6,10H,7-9H2,1-2H3,(H,16,20)(H,18,19). The van der Waals surface area contributed by atoms with Crippen molar-refractivity contribution in [1.29, 1.82) is 0 Å². The third-order valence-electron chi connectivity index (χ3n) is 2.83. The number of carboxylic acid groups (broad SMARTS) is 1. The Morgan fingerprint density at radius 2 is 1.95 bits per heavy atom. The van der Waals surface area contributed by atoms with Gasteiger partial charge < -0.3 is 15.3 Å². The van der Waals surface area contributed by atoms with Gasteiger partial charge in [0.25, 0.3) is 0 Å². The number of nitrogens with zero attached hydrogens (tertiary/aromatic N) is 1. The van der Waals surface area contributed by atoms with Gasteiger partial charge in [-0.25, -0.2) is 4.79 Å². The molecule has 1 rings (SSSR count). The first-order valence-corrected chi connectivity index (χ1v) is 7.15. The number of rotatable bonds is 6. The average molecular weight is 343 g/mol. The molecule has 0 spiro atoms. The Kier molecular flexibility index (Phi) is 6.51. The van der Waals surface area contributed by atoms with E-state index in [0.717, 1.165) is 16.5 Å². The van der Waals surface area contributed by atoms with Crippen LogP contribution in [0, 0.1) is 0 Å². The summed E-state index contributed by atoms with van der Waals surface area (Å²) >= 11 is 3.38. The van der Waals surface area contributed by atoms with Crippen LogP contribution in [0.2, 0.25) is 0 Å². The molecule has 0 aliphatic heterocycles. The summed E-state index contributed by atoms with van der Waals surface area (Å²) in [4.78, 5) is 23.7. The van der Waals surface area contributed by atoms with Crippen molar-refractivity contribution in [2.24, 2.45) is 0 Å². The minimum absolute atomic E-state index is 0.0176. The first-order chi connectivity index (χ1) is 9.38. The predicted octanol–water partition coefficient (Wildman–Crippen LogP) is 2.50. The number of amides is 2. The molecule has 0 aliphatic rings. The monoisotopic (exact) mass is 342 g/mol. The van der Waals surface area contributed by atoms with E-state index in [2.05, 4.69) is 21.2 Å². The summed E-state index contributed by atoms with van der Waals surface area (Å²) in [5.41, 5.74) is 1.13. The zero-order chi connectivity index (χ0) is 15.1. The van der Waals surface area contributed by atoms with Crippen LogP contribution in [0.25, 0.3) is 0 Å². The molecule has 1 aromatic rings. The zero-order valence-electron chi connectivity index (χ0n) is 11.6. The van der Waals surface area contributed by atoms with Crippen LogP contribution in [0.3, 0.4) is 0 Å². The second kappa shape index (κ2) is 7.89. The first kappa shape index (κ1) is 16.5. The smallest absolute Gasteiger partial charge is 0.317 e. The van der Waals surface area contributed by atoms with E-state index in [0.29, 0.717) is 0 Å². The van der Waals surface area contributed by atoms with Crippen LogP contribution in [0.4, 0.5) is 4.79 Å². The Labute approximate surface area is 127 Å². The van der Waals surface area contributed by atoms with Crippen LogP contribution in [0.5, 0.6) is 0 Å².